The third-order valence-corrected chi connectivity index (χ3v) is 2.92. The molecule has 1 unspecified atom stereocenters. The standard InChI is InChI=1S/C9H16N2O2/c10-7-1-4-11(5-2-7)8-3-6-13-9(8)12/h7-8H,1-6,10H2. The van der Waals surface area contributed by atoms with Crippen molar-refractivity contribution in [1.82, 2.24) is 4.90 Å². The van der Waals surface area contributed by atoms with Gasteiger partial charge >= 0.3 is 5.97 Å². The van der Waals surface area contributed by atoms with Crippen molar-refractivity contribution in [2.24, 2.45) is 5.73 Å². The summed E-state index contributed by atoms with van der Waals surface area (Å²) >= 11 is 0. The van der Waals surface area contributed by atoms with E-state index in [1.165, 1.54) is 0 Å². The molecule has 0 saturated carbocycles. The van der Waals surface area contributed by atoms with Crippen LogP contribution in [0, 0.1) is 0 Å². The number of nitrogens with zero attached hydrogens (tertiary/aromatic N) is 1. The predicted molar refractivity (Wildman–Crippen MR) is 48.1 cm³/mol. The second-order valence-corrected chi connectivity index (χ2v) is 3.85. The molecular weight excluding hydrogens is 168 g/mol. The topological polar surface area (TPSA) is 55.6 Å². The third kappa shape index (κ3) is 1.84. The van der Waals surface area contributed by atoms with E-state index >= 15 is 0 Å². The fraction of sp³-hybridized carbons (Fsp3) is 0.889. The van der Waals surface area contributed by atoms with Crippen LogP contribution in [0.3, 0.4) is 0 Å². The fourth-order valence-electron chi connectivity index (χ4n) is 2.05. The molecule has 0 aliphatic carbocycles. The number of piperidine rings is 1. The van der Waals surface area contributed by atoms with Crippen LogP contribution in [0.4, 0.5) is 0 Å². The van der Waals surface area contributed by atoms with E-state index in [1.54, 1.807) is 0 Å². The first kappa shape index (κ1) is 8.97. The summed E-state index contributed by atoms with van der Waals surface area (Å²) in [5, 5.41) is 0. The van der Waals surface area contributed by atoms with Gasteiger partial charge in [0.1, 0.15) is 6.04 Å². The van der Waals surface area contributed by atoms with Crippen molar-refractivity contribution in [3.8, 4) is 0 Å². The second-order valence-electron chi connectivity index (χ2n) is 3.85. The van der Waals surface area contributed by atoms with E-state index in [0.29, 0.717) is 12.6 Å². The summed E-state index contributed by atoms with van der Waals surface area (Å²) in [5.74, 6) is -0.0459. The zero-order chi connectivity index (χ0) is 9.26. The first-order chi connectivity index (χ1) is 6.27. The summed E-state index contributed by atoms with van der Waals surface area (Å²) in [6.07, 6.45) is 2.86. The van der Waals surface area contributed by atoms with Gasteiger partial charge in [0, 0.05) is 25.6 Å². The van der Waals surface area contributed by atoms with Crippen molar-refractivity contribution in [2.75, 3.05) is 19.7 Å². The van der Waals surface area contributed by atoms with Crippen LogP contribution in [0.5, 0.6) is 0 Å². The van der Waals surface area contributed by atoms with Crippen LogP contribution in [0.1, 0.15) is 19.3 Å². The number of carbonyl (C=O) groups is 1. The van der Waals surface area contributed by atoms with E-state index in [2.05, 4.69) is 4.90 Å². The maximum Gasteiger partial charge on any atom is 0.323 e. The molecule has 1 atom stereocenters. The Balaban J connectivity index is 1.90. The van der Waals surface area contributed by atoms with Gasteiger partial charge in [-0.25, -0.2) is 0 Å². The highest BCUT2D eigenvalue weighted by Gasteiger charge is 2.33. The average molecular weight is 184 g/mol. The summed E-state index contributed by atoms with van der Waals surface area (Å²) < 4.78 is 4.93. The van der Waals surface area contributed by atoms with E-state index in [1.807, 2.05) is 0 Å². The van der Waals surface area contributed by atoms with Gasteiger partial charge in [-0.15, -0.1) is 0 Å². The van der Waals surface area contributed by atoms with Gasteiger partial charge in [-0.2, -0.15) is 0 Å². The Hall–Kier alpha value is -0.610. The molecule has 2 heterocycles. The van der Waals surface area contributed by atoms with E-state index in [0.717, 1.165) is 32.4 Å². The van der Waals surface area contributed by atoms with Crippen molar-refractivity contribution >= 4 is 5.97 Å². The third-order valence-electron chi connectivity index (χ3n) is 2.92. The lowest BCUT2D eigenvalue weighted by molar-refractivity contribution is -0.142. The first-order valence-electron chi connectivity index (χ1n) is 4.93. The van der Waals surface area contributed by atoms with Gasteiger partial charge in [0.15, 0.2) is 0 Å². The molecule has 0 aromatic heterocycles. The number of ether oxygens (including phenoxy) is 1. The number of esters is 1. The minimum atomic E-state index is -0.0459. The molecule has 4 heteroatoms. The van der Waals surface area contributed by atoms with E-state index < -0.39 is 0 Å². The van der Waals surface area contributed by atoms with Crippen LogP contribution in [-0.2, 0) is 9.53 Å². The lowest BCUT2D eigenvalue weighted by Gasteiger charge is -2.32. The van der Waals surface area contributed by atoms with Gasteiger partial charge in [-0.05, 0) is 12.8 Å². The summed E-state index contributed by atoms with van der Waals surface area (Å²) in [6, 6.07) is 0.348. The molecule has 2 fully saturated rings. The molecule has 0 aromatic carbocycles. The average Bonchev–Trinajstić information content (AvgIpc) is 2.53. The Labute approximate surface area is 78.0 Å². The maximum atomic E-state index is 11.3. The Morgan fingerprint density at radius 1 is 1.31 bits per heavy atom. The fourth-order valence-corrected chi connectivity index (χ4v) is 2.05. The van der Waals surface area contributed by atoms with E-state index in [4.69, 9.17) is 10.5 Å². The Bertz CT molecular complexity index is 200. The highest BCUT2D eigenvalue weighted by atomic mass is 16.5. The molecule has 0 aromatic rings. The Morgan fingerprint density at radius 2 is 2.00 bits per heavy atom. The van der Waals surface area contributed by atoms with Gasteiger partial charge < -0.3 is 10.5 Å². The highest BCUT2D eigenvalue weighted by molar-refractivity contribution is 5.77. The molecular formula is C9H16N2O2. The minimum absolute atomic E-state index is 0.0208. The first-order valence-corrected chi connectivity index (χ1v) is 4.93. The Morgan fingerprint density at radius 3 is 2.54 bits per heavy atom. The number of hydrogen-bond acceptors (Lipinski definition) is 4. The second kappa shape index (κ2) is 3.64. The number of rotatable bonds is 1. The molecule has 2 N–H and O–H groups in total. The van der Waals surface area contributed by atoms with Crippen molar-refractivity contribution in [3.05, 3.63) is 0 Å². The minimum Gasteiger partial charge on any atom is -0.464 e. The molecule has 13 heavy (non-hydrogen) atoms. The number of hydrogen-bond donors (Lipinski definition) is 1. The Kier molecular flexibility index (Phi) is 2.51. The lowest BCUT2D eigenvalue weighted by Crippen LogP contribution is -2.46. The molecule has 0 bridgehead atoms. The predicted octanol–water partition coefficient (Wildman–Crippen LogP) is -0.275. The van der Waals surface area contributed by atoms with Crippen molar-refractivity contribution < 1.29 is 9.53 Å². The van der Waals surface area contributed by atoms with Crippen LogP contribution >= 0.6 is 0 Å². The zero-order valence-electron chi connectivity index (χ0n) is 7.74. The van der Waals surface area contributed by atoms with Crippen molar-refractivity contribution in [1.29, 1.82) is 0 Å². The number of carbonyl (C=O) groups excluding carboxylic acids is 1. The van der Waals surface area contributed by atoms with E-state index in [-0.39, 0.29) is 12.0 Å². The number of likely N-dealkylation sites (tertiary alicyclic amines) is 1. The van der Waals surface area contributed by atoms with Gasteiger partial charge in [-0.3, -0.25) is 9.69 Å². The van der Waals surface area contributed by atoms with Gasteiger partial charge in [0.05, 0.1) is 6.61 Å². The molecule has 0 radical (unpaired) electrons. The van der Waals surface area contributed by atoms with Crippen LogP contribution in [0.2, 0.25) is 0 Å². The molecule has 0 spiro atoms. The summed E-state index contributed by atoms with van der Waals surface area (Å²) in [7, 11) is 0. The molecule has 2 saturated heterocycles. The molecule has 74 valence electrons. The molecule has 0 amide bonds. The molecule has 2 aliphatic heterocycles. The van der Waals surface area contributed by atoms with Gasteiger partial charge in [-0.1, -0.05) is 0 Å². The number of nitrogens with two attached hydrogens (primary N) is 1. The largest absolute Gasteiger partial charge is 0.464 e. The quantitative estimate of drug-likeness (QED) is 0.570. The maximum absolute atomic E-state index is 11.3. The SMILES string of the molecule is NC1CCN(C2CCOC2=O)CC1. The van der Waals surface area contributed by atoms with Crippen LogP contribution in [-0.4, -0.2) is 42.6 Å². The van der Waals surface area contributed by atoms with Gasteiger partial charge in [0.2, 0.25) is 0 Å². The monoisotopic (exact) mass is 184 g/mol. The smallest absolute Gasteiger partial charge is 0.323 e. The highest BCUT2D eigenvalue weighted by Crippen LogP contribution is 2.18. The molecule has 4 nitrogen and oxygen atoms in total. The molecule has 2 rings (SSSR count). The normalized spacial score (nSPS) is 32.1. The van der Waals surface area contributed by atoms with Crippen molar-refractivity contribution in [2.45, 2.75) is 31.3 Å². The summed E-state index contributed by atoms with van der Waals surface area (Å²) in [6.45, 7) is 2.48. The van der Waals surface area contributed by atoms with Crippen LogP contribution in [0.15, 0.2) is 0 Å². The van der Waals surface area contributed by atoms with Crippen molar-refractivity contribution in [3.63, 3.8) is 0 Å². The van der Waals surface area contributed by atoms with Gasteiger partial charge in [0.25, 0.3) is 0 Å². The van der Waals surface area contributed by atoms with Crippen LogP contribution in [0.25, 0.3) is 0 Å². The summed E-state index contributed by atoms with van der Waals surface area (Å²) in [4.78, 5) is 13.5. The number of cyclic esters (lactones) is 1. The molecule has 2 aliphatic rings. The van der Waals surface area contributed by atoms with E-state index in [9.17, 15) is 4.79 Å². The zero-order valence-corrected chi connectivity index (χ0v) is 7.74. The lowest BCUT2D eigenvalue weighted by atomic mass is 10.0. The van der Waals surface area contributed by atoms with Crippen LogP contribution < -0.4 is 5.73 Å². The summed E-state index contributed by atoms with van der Waals surface area (Å²) in [5.41, 5.74) is 5.79.